The van der Waals surface area contributed by atoms with Crippen LogP contribution in [0.1, 0.15) is 13.3 Å². The number of hydrogen-bond donors (Lipinski definition) is 1. The van der Waals surface area contributed by atoms with Gasteiger partial charge in [-0.3, -0.25) is 0 Å². The lowest BCUT2D eigenvalue weighted by Gasteiger charge is -2.33. The van der Waals surface area contributed by atoms with Crippen molar-refractivity contribution in [2.45, 2.75) is 18.2 Å². The Kier molecular flexibility index (Phi) is 5.06. The Hall–Kier alpha value is -0.630. The van der Waals surface area contributed by atoms with E-state index in [0.29, 0.717) is 18.8 Å². The third-order valence-electron chi connectivity index (χ3n) is 3.46. The van der Waals surface area contributed by atoms with Crippen LogP contribution in [0, 0.1) is 0 Å². The van der Waals surface area contributed by atoms with Crippen molar-refractivity contribution in [1.82, 2.24) is 9.21 Å². The quantitative estimate of drug-likeness (QED) is 0.829. The molecule has 0 unspecified atom stereocenters. The van der Waals surface area contributed by atoms with Gasteiger partial charge >= 0.3 is 0 Å². The fourth-order valence-corrected chi connectivity index (χ4v) is 4.46. The summed E-state index contributed by atoms with van der Waals surface area (Å²) < 4.78 is 27.5. The number of anilines is 1. The highest BCUT2D eigenvalue weighted by Crippen LogP contribution is 2.26. The first-order chi connectivity index (χ1) is 9.45. The number of nitrogens with two attached hydrogens (primary N) is 1. The van der Waals surface area contributed by atoms with Gasteiger partial charge in [0.15, 0.2) is 0 Å². The molecule has 1 aromatic carbocycles. The topological polar surface area (TPSA) is 66.6 Å². The zero-order chi connectivity index (χ0) is 14.8. The van der Waals surface area contributed by atoms with Gasteiger partial charge < -0.3 is 10.6 Å². The highest BCUT2D eigenvalue weighted by molar-refractivity contribution is 9.10. The lowest BCUT2D eigenvalue weighted by atomic mass is 10.3. The van der Waals surface area contributed by atoms with E-state index in [1.54, 1.807) is 18.2 Å². The van der Waals surface area contributed by atoms with E-state index in [4.69, 9.17) is 5.73 Å². The second-order valence-corrected chi connectivity index (χ2v) is 7.75. The van der Waals surface area contributed by atoms with Gasteiger partial charge in [-0.2, -0.15) is 4.31 Å². The average molecular weight is 362 g/mol. The van der Waals surface area contributed by atoms with Gasteiger partial charge in [0.25, 0.3) is 0 Å². The standard InChI is InChI=1S/C13H20BrN3O2S/c1-2-5-16-6-8-17(9-7-16)20(18,19)13-10-11(14)3-4-12(13)15/h3-4,10H,2,5-9,15H2,1H3. The smallest absolute Gasteiger partial charge is 0.245 e. The number of rotatable bonds is 4. The molecule has 0 aliphatic carbocycles. The molecular weight excluding hydrogens is 342 g/mol. The van der Waals surface area contributed by atoms with Crippen molar-refractivity contribution in [1.29, 1.82) is 0 Å². The second kappa shape index (κ2) is 6.43. The monoisotopic (exact) mass is 361 g/mol. The summed E-state index contributed by atoms with van der Waals surface area (Å²) in [7, 11) is -3.50. The van der Waals surface area contributed by atoms with Crippen molar-refractivity contribution in [3.8, 4) is 0 Å². The van der Waals surface area contributed by atoms with Crippen molar-refractivity contribution < 1.29 is 8.42 Å². The lowest BCUT2D eigenvalue weighted by molar-refractivity contribution is 0.189. The number of hydrogen-bond acceptors (Lipinski definition) is 4. The molecule has 2 N–H and O–H groups in total. The molecule has 1 fully saturated rings. The minimum absolute atomic E-state index is 0.191. The fourth-order valence-electron chi connectivity index (χ4n) is 2.38. The van der Waals surface area contributed by atoms with E-state index in [-0.39, 0.29) is 4.90 Å². The molecule has 1 aromatic rings. The van der Waals surface area contributed by atoms with Crippen molar-refractivity contribution in [2.24, 2.45) is 0 Å². The molecule has 7 heteroatoms. The third-order valence-corrected chi connectivity index (χ3v) is 5.91. The maximum absolute atomic E-state index is 12.6. The van der Waals surface area contributed by atoms with Crippen molar-refractivity contribution >= 4 is 31.6 Å². The highest BCUT2D eigenvalue weighted by Gasteiger charge is 2.29. The first kappa shape index (κ1) is 15.8. The van der Waals surface area contributed by atoms with Crippen molar-refractivity contribution in [3.63, 3.8) is 0 Å². The van der Waals surface area contributed by atoms with E-state index >= 15 is 0 Å². The maximum Gasteiger partial charge on any atom is 0.245 e. The van der Waals surface area contributed by atoms with Crippen LogP contribution in [-0.4, -0.2) is 50.3 Å². The highest BCUT2D eigenvalue weighted by atomic mass is 79.9. The van der Waals surface area contributed by atoms with Crippen LogP contribution in [0.3, 0.4) is 0 Å². The number of nitrogens with zero attached hydrogens (tertiary/aromatic N) is 2. The summed E-state index contributed by atoms with van der Waals surface area (Å²) in [5.74, 6) is 0. The van der Waals surface area contributed by atoms with E-state index in [1.807, 2.05) is 0 Å². The number of nitrogen functional groups attached to an aromatic ring is 1. The largest absolute Gasteiger partial charge is 0.398 e. The summed E-state index contributed by atoms with van der Waals surface area (Å²) in [5.41, 5.74) is 6.12. The van der Waals surface area contributed by atoms with Crippen LogP contribution in [0.4, 0.5) is 5.69 Å². The van der Waals surface area contributed by atoms with E-state index in [0.717, 1.165) is 30.5 Å². The molecule has 0 spiro atoms. The van der Waals surface area contributed by atoms with Gasteiger partial charge in [-0.1, -0.05) is 22.9 Å². The summed E-state index contributed by atoms with van der Waals surface area (Å²) in [6.45, 7) is 5.75. The van der Waals surface area contributed by atoms with Crippen LogP contribution in [0.25, 0.3) is 0 Å². The van der Waals surface area contributed by atoms with Crippen molar-refractivity contribution in [2.75, 3.05) is 38.5 Å². The molecule has 0 amide bonds. The fraction of sp³-hybridized carbons (Fsp3) is 0.538. The Morgan fingerprint density at radius 1 is 1.25 bits per heavy atom. The summed E-state index contributed by atoms with van der Waals surface area (Å²) in [4.78, 5) is 2.48. The van der Waals surface area contributed by atoms with Crippen LogP contribution in [0.15, 0.2) is 27.6 Å². The predicted molar refractivity (Wildman–Crippen MR) is 84.0 cm³/mol. The molecule has 0 aromatic heterocycles. The van der Waals surface area contributed by atoms with Gasteiger partial charge in [0.1, 0.15) is 4.90 Å². The van der Waals surface area contributed by atoms with Gasteiger partial charge in [0, 0.05) is 30.7 Å². The minimum Gasteiger partial charge on any atom is -0.398 e. The van der Waals surface area contributed by atoms with Crippen LogP contribution in [0.5, 0.6) is 0 Å². The van der Waals surface area contributed by atoms with E-state index in [2.05, 4.69) is 27.8 Å². The zero-order valence-electron chi connectivity index (χ0n) is 11.5. The summed E-state index contributed by atoms with van der Waals surface area (Å²) >= 11 is 3.30. The molecular formula is C13H20BrN3O2S. The molecule has 1 heterocycles. The minimum atomic E-state index is -3.50. The molecule has 0 atom stereocenters. The van der Waals surface area contributed by atoms with Crippen LogP contribution >= 0.6 is 15.9 Å². The Bertz CT molecular complexity index is 569. The van der Waals surface area contributed by atoms with Gasteiger partial charge in [-0.05, 0) is 31.2 Å². The van der Waals surface area contributed by atoms with Gasteiger partial charge in [-0.25, -0.2) is 8.42 Å². The Labute approximate surface area is 128 Å². The van der Waals surface area contributed by atoms with E-state index in [9.17, 15) is 8.42 Å². The molecule has 20 heavy (non-hydrogen) atoms. The Morgan fingerprint density at radius 2 is 1.90 bits per heavy atom. The molecule has 0 bridgehead atoms. The molecule has 2 rings (SSSR count). The van der Waals surface area contributed by atoms with Crippen LogP contribution in [0.2, 0.25) is 0 Å². The SMILES string of the molecule is CCCN1CCN(S(=O)(=O)c2cc(Br)ccc2N)CC1. The third kappa shape index (κ3) is 3.33. The summed E-state index contributed by atoms with van der Waals surface area (Å²) in [5, 5.41) is 0. The van der Waals surface area contributed by atoms with E-state index < -0.39 is 10.0 Å². The molecule has 1 aliphatic heterocycles. The van der Waals surface area contributed by atoms with E-state index in [1.165, 1.54) is 4.31 Å². The predicted octanol–water partition coefficient (Wildman–Crippen LogP) is 1.75. The van der Waals surface area contributed by atoms with Gasteiger partial charge in [0.2, 0.25) is 10.0 Å². The normalized spacial score (nSPS) is 18.3. The van der Waals surface area contributed by atoms with Crippen molar-refractivity contribution in [3.05, 3.63) is 22.7 Å². The first-order valence-corrected chi connectivity index (χ1v) is 8.96. The average Bonchev–Trinajstić information content (AvgIpc) is 2.42. The molecule has 1 saturated heterocycles. The Balaban J connectivity index is 2.18. The van der Waals surface area contributed by atoms with Gasteiger partial charge in [-0.15, -0.1) is 0 Å². The summed E-state index contributed by atoms with van der Waals surface area (Å²) in [6.07, 6.45) is 1.09. The Morgan fingerprint density at radius 3 is 2.50 bits per heavy atom. The molecule has 112 valence electrons. The number of piperazine rings is 1. The van der Waals surface area contributed by atoms with Crippen LogP contribution in [-0.2, 0) is 10.0 Å². The number of halogens is 1. The van der Waals surface area contributed by atoms with Crippen LogP contribution < -0.4 is 5.73 Å². The maximum atomic E-state index is 12.6. The molecule has 0 radical (unpaired) electrons. The molecule has 1 aliphatic rings. The first-order valence-electron chi connectivity index (χ1n) is 6.72. The second-order valence-electron chi connectivity index (χ2n) is 4.93. The molecule has 5 nitrogen and oxygen atoms in total. The number of sulfonamides is 1. The van der Waals surface area contributed by atoms with Gasteiger partial charge in [0.05, 0.1) is 5.69 Å². The number of benzene rings is 1. The zero-order valence-corrected chi connectivity index (χ0v) is 14.0. The lowest BCUT2D eigenvalue weighted by Crippen LogP contribution is -2.48. The summed E-state index contributed by atoms with van der Waals surface area (Å²) in [6, 6.07) is 4.93. The molecule has 0 saturated carbocycles.